The third-order valence-electron chi connectivity index (χ3n) is 4.65. The number of hydrogen-bond donors (Lipinski definition) is 1. The topological polar surface area (TPSA) is 104 Å². The van der Waals surface area contributed by atoms with Crippen LogP contribution in [0.1, 0.15) is 30.6 Å². The third kappa shape index (κ3) is 3.49. The van der Waals surface area contributed by atoms with Gasteiger partial charge in [0, 0.05) is 23.2 Å². The predicted molar refractivity (Wildman–Crippen MR) is 97.0 cm³/mol. The maximum absolute atomic E-state index is 12.6. The van der Waals surface area contributed by atoms with Gasteiger partial charge in [-0.2, -0.15) is 5.26 Å². The first-order valence-electron chi connectivity index (χ1n) is 8.72. The lowest BCUT2D eigenvalue weighted by Gasteiger charge is -2.17. The second kappa shape index (κ2) is 7.50. The Morgan fingerprint density at radius 2 is 2.15 bits per heavy atom. The van der Waals surface area contributed by atoms with Crippen molar-refractivity contribution in [3.8, 4) is 6.07 Å². The molecule has 8 heteroatoms. The minimum Gasteiger partial charge on any atom is -0.449 e. The SMILES string of the molecule is CCOC(=O)n1ccc2cc(C(=O)NC3CC(C)N(CC#N)C3=O)ccc21. The number of nitriles is 1. The fourth-order valence-electron chi connectivity index (χ4n) is 3.29. The highest BCUT2D eigenvalue weighted by Crippen LogP contribution is 2.21. The van der Waals surface area contributed by atoms with Crippen LogP contribution in [-0.2, 0) is 9.53 Å². The lowest BCUT2D eigenvalue weighted by atomic mass is 10.1. The molecule has 0 saturated carbocycles. The molecule has 1 aromatic heterocycles. The highest BCUT2D eigenvalue weighted by molar-refractivity contribution is 6.01. The van der Waals surface area contributed by atoms with Crippen LogP contribution in [0, 0.1) is 11.3 Å². The minimum absolute atomic E-state index is 0.0136. The normalized spacial score (nSPS) is 19.1. The smallest absolute Gasteiger partial charge is 0.418 e. The molecule has 0 bridgehead atoms. The van der Waals surface area contributed by atoms with Crippen LogP contribution in [0.5, 0.6) is 0 Å². The monoisotopic (exact) mass is 368 g/mol. The summed E-state index contributed by atoms with van der Waals surface area (Å²) < 4.78 is 6.37. The van der Waals surface area contributed by atoms with Crippen molar-refractivity contribution >= 4 is 28.8 Å². The van der Waals surface area contributed by atoms with Crippen molar-refractivity contribution in [1.82, 2.24) is 14.8 Å². The number of aromatic nitrogens is 1. The van der Waals surface area contributed by atoms with E-state index >= 15 is 0 Å². The molecule has 2 unspecified atom stereocenters. The summed E-state index contributed by atoms with van der Waals surface area (Å²) in [4.78, 5) is 38.3. The Morgan fingerprint density at radius 3 is 2.85 bits per heavy atom. The van der Waals surface area contributed by atoms with Crippen molar-refractivity contribution in [1.29, 1.82) is 5.26 Å². The average molecular weight is 368 g/mol. The molecule has 1 N–H and O–H groups in total. The molecular formula is C19H20N4O4. The molecule has 1 saturated heterocycles. The molecule has 0 aliphatic carbocycles. The summed E-state index contributed by atoms with van der Waals surface area (Å²) >= 11 is 0. The lowest BCUT2D eigenvalue weighted by Crippen LogP contribution is -2.41. The summed E-state index contributed by atoms with van der Waals surface area (Å²) in [6.45, 7) is 3.87. The Kier molecular flexibility index (Phi) is 5.12. The van der Waals surface area contributed by atoms with E-state index in [-0.39, 0.29) is 31.0 Å². The van der Waals surface area contributed by atoms with Gasteiger partial charge < -0.3 is 15.0 Å². The van der Waals surface area contributed by atoms with E-state index < -0.39 is 12.1 Å². The van der Waals surface area contributed by atoms with Gasteiger partial charge in [-0.05, 0) is 44.5 Å². The summed E-state index contributed by atoms with van der Waals surface area (Å²) in [6.07, 6.45) is 1.58. The summed E-state index contributed by atoms with van der Waals surface area (Å²) in [6, 6.07) is 7.89. The largest absolute Gasteiger partial charge is 0.449 e. The van der Waals surface area contributed by atoms with Crippen LogP contribution < -0.4 is 5.32 Å². The summed E-state index contributed by atoms with van der Waals surface area (Å²) in [5.41, 5.74) is 1.03. The number of amides is 2. The van der Waals surface area contributed by atoms with Gasteiger partial charge in [0.15, 0.2) is 0 Å². The number of carbonyl (C=O) groups excluding carboxylic acids is 3. The van der Waals surface area contributed by atoms with E-state index in [9.17, 15) is 14.4 Å². The van der Waals surface area contributed by atoms with Gasteiger partial charge in [0.25, 0.3) is 5.91 Å². The highest BCUT2D eigenvalue weighted by atomic mass is 16.5. The number of rotatable bonds is 4. The summed E-state index contributed by atoms with van der Waals surface area (Å²) in [5.74, 6) is -0.614. The molecule has 8 nitrogen and oxygen atoms in total. The maximum Gasteiger partial charge on any atom is 0.418 e. The van der Waals surface area contributed by atoms with Gasteiger partial charge in [0.2, 0.25) is 5.91 Å². The Morgan fingerprint density at radius 1 is 1.37 bits per heavy atom. The fourth-order valence-corrected chi connectivity index (χ4v) is 3.29. The third-order valence-corrected chi connectivity index (χ3v) is 4.65. The zero-order chi connectivity index (χ0) is 19.6. The minimum atomic E-state index is -0.638. The zero-order valence-electron chi connectivity index (χ0n) is 15.1. The van der Waals surface area contributed by atoms with E-state index in [0.29, 0.717) is 22.9 Å². The summed E-state index contributed by atoms with van der Waals surface area (Å²) in [7, 11) is 0. The van der Waals surface area contributed by atoms with E-state index in [2.05, 4.69) is 5.32 Å². The van der Waals surface area contributed by atoms with Crippen LogP contribution in [0.2, 0.25) is 0 Å². The molecule has 2 aromatic rings. The molecule has 1 aromatic carbocycles. The van der Waals surface area contributed by atoms with Crippen molar-refractivity contribution in [3.05, 3.63) is 36.0 Å². The van der Waals surface area contributed by atoms with Crippen molar-refractivity contribution in [2.45, 2.75) is 32.4 Å². The first kappa shape index (κ1) is 18.5. The number of nitrogens with one attached hydrogen (secondary N) is 1. The van der Waals surface area contributed by atoms with Gasteiger partial charge >= 0.3 is 6.09 Å². The van der Waals surface area contributed by atoms with Crippen LogP contribution in [0.15, 0.2) is 30.5 Å². The number of fused-ring (bicyclic) bond motifs is 1. The van der Waals surface area contributed by atoms with Crippen LogP contribution >= 0.6 is 0 Å². The molecule has 1 fully saturated rings. The molecule has 2 heterocycles. The zero-order valence-corrected chi connectivity index (χ0v) is 15.1. The van der Waals surface area contributed by atoms with Gasteiger partial charge in [-0.15, -0.1) is 0 Å². The molecule has 0 radical (unpaired) electrons. The summed E-state index contributed by atoms with van der Waals surface area (Å²) in [5, 5.41) is 12.3. The number of hydrogen-bond acceptors (Lipinski definition) is 5. The maximum atomic E-state index is 12.6. The standard InChI is InChI=1S/C19H20N4O4/c1-3-27-19(26)23-8-6-13-11-14(4-5-16(13)23)17(24)21-15-10-12(2)22(9-7-20)18(15)25/h4-6,8,11-12,15H,3,9-10H2,1-2H3,(H,21,24). The Hall–Kier alpha value is -3.34. The van der Waals surface area contributed by atoms with E-state index in [1.54, 1.807) is 37.4 Å². The molecule has 2 atom stereocenters. The van der Waals surface area contributed by atoms with Crippen molar-refractivity contribution in [3.63, 3.8) is 0 Å². The number of ether oxygens (including phenoxy) is 1. The molecule has 2 amide bonds. The second-order valence-corrected chi connectivity index (χ2v) is 6.39. The molecule has 27 heavy (non-hydrogen) atoms. The van der Waals surface area contributed by atoms with Crippen LogP contribution in [-0.4, -0.2) is 52.6 Å². The van der Waals surface area contributed by atoms with Crippen LogP contribution in [0.4, 0.5) is 4.79 Å². The number of nitrogens with zero attached hydrogens (tertiary/aromatic N) is 3. The Balaban J connectivity index is 1.76. The highest BCUT2D eigenvalue weighted by Gasteiger charge is 2.37. The molecule has 140 valence electrons. The van der Waals surface area contributed by atoms with Gasteiger partial charge in [-0.25, -0.2) is 4.79 Å². The quantitative estimate of drug-likeness (QED) is 0.830. The van der Waals surface area contributed by atoms with Crippen molar-refractivity contribution in [2.75, 3.05) is 13.2 Å². The van der Waals surface area contributed by atoms with E-state index in [4.69, 9.17) is 10.00 Å². The molecule has 1 aliphatic heterocycles. The van der Waals surface area contributed by atoms with Gasteiger partial charge in [-0.3, -0.25) is 14.2 Å². The van der Waals surface area contributed by atoms with E-state index in [0.717, 1.165) is 0 Å². The molecule has 3 rings (SSSR count). The van der Waals surface area contributed by atoms with Gasteiger partial charge in [0.1, 0.15) is 12.6 Å². The number of benzene rings is 1. The van der Waals surface area contributed by atoms with Gasteiger partial charge in [0.05, 0.1) is 18.2 Å². The van der Waals surface area contributed by atoms with Crippen molar-refractivity contribution in [2.24, 2.45) is 0 Å². The lowest BCUT2D eigenvalue weighted by molar-refractivity contribution is -0.129. The molecule has 1 aliphatic rings. The van der Waals surface area contributed by atoms with E-state index in [1.807, 2.05) is 13.0 Å². The Labute approximate surface area is 156 Å². The molecular weight excluding hydrogens is 348 g/mol. The average Bonchev–Trinajstić information content (AvgIpc) is 3.18. The second-order valence-electron chi connectivity index (χ2n) is 6.39. The predicted octanol–water partition coefficient (Wildman–Crippen LogP) is 1.89. The van der Waals surface area contributed by atoms with Crippen molar-refractivity contribution < 1.29 is 19.1 Å². The first-order chi connectivity index (χ1) is 13.0. The first-order valence-corrected chi connectivity index (χ1v) is 8.72. The van der Waals surface area contributed by atoms with Crippen LogP contribution in [0.25, 0.3) is 10.9 Å². The number of carbonyl (C=O) groups is 3. The van der Waals surface area contributed by atoms with Crippen LogP contribution in [0.3, 0.4) is 0 Å². The Bertz CT molecular complexity index is 943. The number of likely N-dealkylation sites (tertiary alicyclic amines) is 1. The van der Waals surface area contributed by atoms with E-state index in [1.165, 1.54) is 9.47 Å². The molecule has 0 spiro atoms. The fraction of sp³-hybridized carbons (Fsp3) is 0.368. The van der Waals surface area contributed by atoms with Gasteiger partial charge in [-0.1, -0.05) is 0 Å².